The van der Waals surface area contributed by atoms with E-state index in [0.717, 1.165) is 61.9 Å². The van der Waals surface area contributed by atoms with Gasteiger partial charge in [0.25, 0.3) is 5.91 Å². The molecule has 0 aromatic heterocycles. The van der Waals surface area contributed by atoms with Crippen molar-refractivity contribution in [2.45, 2.75) is 19.8 Å². The standard InChI is InChI=1S/C22H27N3O2/c1-17-6-2-3-7-19(17)22(26)23-20-16-18(24-10-4-5-11-24)8-9-21(20)25-12-14-27-15-13-25/h2-3,6-9,16H,4-5,10-15H2,1H3,(H,23,26). The van der Waals surface area contributed by atoms with Crippen LogP contribution in [-0.4, -0.2) is 45.3 Å². The Balaban J connectivity index is 1.65. The summed E-state index contributed by atoms with van der Waals surface area (Å²) >= 11 is 0. The maximum absolute atomic E-state index is 12.9. The van der Waals surface area contributed by atoms with Crippen molar-refractivity contribution in [3.63, 3.8) is 0 Å². The molecule has 0 spiro atoms. The molecule has 27 heavy (non-hydrogen) atoms. The van der Waals surface area contributed by atoms with Crippen molar-refractivity contribution in [1.82, 2.24) is 0 Å². The third kappa shape index (κ3) is 3.93. The summed E-state index contributed by atoms with van der Waals surface area (Å²) in [5.74, 6) is -0.0545. The maximum Gasteiger partial charge on any atom is 0.255 e. The molecule has 0 atom stereocenters. The van der Waals surface area contributed by atoms with E-state index in [-0.39, 0.29) is 5.91 Å². The molecule has 2 fully saturated rings. The third-order valence-corrected chi connectivity index (χ3v) is 5.44. The van der Waals surface area contributed by atoms with E-state index in [1.165, 1.54) is 18.5 Å². The molecule has 0 bridgehead atoms. The van der Waals surface area contributed by atoms with Crippen molar-refractivity contribution in [2.24, 2.45) is 0 Å². The summed E-state index contributed by atoms with van der Waals surface area (Å²) in [5, 5.41) is 3.18. The molecule has 2 aromatic rings. The van der Waals surface area contributed by atoms with E-state index in [2.05, 4.69) is 33.3 Å². The number of ether oxygens (including phenoxy) is 1. The zero-order chi connectivity index (χ0) is 18.6. The normalized spacial score (nSPS) is 17.2. The van der Waals surface area contributed by atoms with Gasteiger partial charge in [-0.1, -0.05) is 18.2 Å². The first-order valence-corrected chi connectivity index (χ1v) is 9.81. The lowest BCUT2D eigenvalue weighted by Crippen LogP contribution is -2.36. The summed E-state index contributed by atoms with van der Waals surface area (Å²) < 4.78 is 5.49. The van der Waals surface area contributed by atoms with Crippen molar-refractivity contribution >= 4 is 23.0 Å². The highest BCUT2D eigenvalue weighted by Crippen LogP contribution is 2.33. The number of benzene rings is 2. The van der Waals surface area contributed by atoms with Crippen LogP contribution < -0.4 is 15.1 Å². The number of nitrogens with one attached hydrogen (secondary N) is 1. The van der Waals surface area contributed by atoms with Crippen molar-refractivity contribution in [2.75, 3.05) is 54.5 Å². The monoisotopic (exact) mass is 365 g/mol. The van der Waals surface area contributed by atoms with Crippen LogP contribution >= 0.6 is 0 Å². The minimum absolute atomic E-state index is 0.0545. The molecular weight excluding hydrogens is 338 g/mol. The van der Waals surface area contributed by atoms with Crippen LogP contribution in [0.3, 0.4) is 0 Å². The van der Waals surface area contributed by atoms with Crippen LogP contribution in [0, 0.1) is 6.92 Å². The van der Waals surface area contributed by atoms with Gasteiger partial charge >= 0.3 is 0 Å². The molecule has 142 valence electrons. The Labute approximate surface area is 160 Å². The highest BCUT2D eigenvalue weighted by atomic mass is 16.5. The van der Waals surface area contributed by atoms with Crippen LogP contribution in [0.15, 0.2) is 42.5 Å². The zero-order valence-corrected chi connectivity index (χ0v) is 15.9. The van der Waals surface area contributed by atoms with E-state index < -0.39 is 0 Å². The molecule has 0 radical (unpaired) electrons. The fraction of sp³-hybridized carbons (Fsp3) is 0.409. The van der Waals surface area contributed by atoms with Gasteiger partial charge in [-0.25, -0.2) is 0 Å². The third-order valence-electron chi connectivity index (χ3n) is 5.44. The minimum Gasteiger partial charge on any atom is -0.378 e. The Hall–Kier alpha value is -2.53. The first-order chi connectivity index (χ1) is 13.2. The summed E-state index contributed by atoms with van der Waals surface area (Å²) in [6.45, 7) is 7.27. The largest absolute Gasteiger partial charge is 0.378 e. The summed E-state index contributed by atoms with van der Waals surface area (Å²) in [6, 6.07) is 14.2. The Morgan fingerprint density at radius 3 is 2.44 bits per heavy atom. The van der Waals surface area contributed by atoms with E-state index in [4.69, 9.17) is 4.74 Å². The molecule has 1 N–H and O–H groups in total. The Bertz CT molecular complexity index is 809. The Morgan fingerprint density at radius 1 is 0.963 bits per heavy atom. The van der Waals surface area contributed by atoms with Gasteiger partial charge in [0.15, 0.2) is 0 Å². The van der Waals surface area contributed by atoms with E-state index >= 15 is 0 Å². The predicted octanol–water partition coefficient (Wildman–Crippen LogP) is 3.68. The number of rotatable bonds is 4. The molecule has 4 rings (SSSR count). The van der Waals surface area contributed by atoms with Gasteiger partial charge in [0.1, 0.15) is 0 Å². The fourth-order valence-corrected chi connectivity index (χ4v) is 3.89. The average Bonchev–Trinajstić information content (AvgIpc) is 3.24. The molecule has 1 amide bonds. The van der Waals surface area contributed by atoms with Gasteiger partial charge in [-0.05, 0) is 49.6 Å². The molecule has 2 heterocycles. The molecule has 2 aromatic carbocycles. The van der Waals surface area contributed by atoms with Gasteiger partial charge in [-0.3, -0.25) is 4.79 Å². The Morgan fingerprint density at radius 2 is 1.70 bits per heavy atom. The van der Waals surface area contributed by atoms with E-state index in [1.807, 2.05) is 31.2 Å². The lowest BCUT2D eigenvalue weighted by molar-refractivity contribution is 0.102. The van der Waals surface area contributed by atoms with Gasteiger partial charge in [-0.15, -0.1) is 0 Å². The molecule has 5 heteroatoms. The highest BCUT2D eigenvalue weighted by Gasteiger charge is 2.20. The SMILES string of the molecule is Cc1ccccc1C(=O)Nc1cc(N2CCCC2)ccc1N1CCOCC1. The average molecular weight is 365 g/mol. The quantitative estimate of drug-likeness (QED) is 0.898. The van der Waals surface area contributed by atoms with Crippen LogP contribution in [0.25, 0.3) is 0 Å². The van der Waals surface area contributed by atoms with Crippen LogP contribution in [-0.2, 0) is 4.74 Å². The number of aryl methyl sites for hydroxylation is 1. The van der Waals surface area contributed by atoms with Crippen LogP contribution in [0.5, 0.6) is 0 Å². The molecule has 2 aliphatic rings. The first kappa shape index (κ1) is 17.9. The first-order valence-electron chi connectivity index (χ1n) is 9.81. The van der Waals surface area contributed by atoms with E-state index in [1.54, 1.807) is 0 Å². The van der Waals surface area contributed by atoms with Gasteiger partial charge in [0.2, 0.25) is 0 Å². The second kappa shape index (κ2) is 8.01. The molecule has 0 saturated carbocycles. The van der Waals surface area contributed by atoms with Crippen molar-refractivity contribution < 1.29 is 9.53 Å². The maximum atomic E-state index is 12.9. The summed E-state index contributed by atoms with van der Waals surface area (Å²) in [7, 11) is 0. The van der Waals surface area contributed by atoms with Gasteiger partial charge < -0.3 is 19.9 Å². The van der Waals surface area contributed by atoms with Gasteiger partial charge in [-0.2, -0.15) is 0 Å². The summed E-state index contributed by atoms with van der Waals surface area (Å²) in [4.78, 5) is 17.6. The number of hydrogen-bond donors (Lipinski definition) is 1. The molecular formula is C22H27N3O2. The number of anilines is 3. The highest BCUT2D eigenvalue weighted by molar-refractivity contribution is 6.07. The zero-order valence-electron chi connectivity index (χ0n) is 15.9. The number of hydrogen-bond acceptors (Lipinski definition) is 4. The fourth-order valence-electron chi connectivity index (χ4n) is 3.89. The van der Waals surface area contributed by atoms with Gasteiger partial charge in [0.05, 0.1) is 24.6 Å². The van der Waals surface area contributed by atoms with Crippen molar-refractivity contribution in [1.29, 1.82) is 0 Å². The number of carbonyl (C=O) groups is 1. The van der Waals surface area contributed by atoms with Crippen LogP contribution in [0.4, 0.5) is 17.1 Å². The number of amides is 1. The number of morpholine rings is 1. The molecule has 5 nitrogen and oxygen atoms in total. The van der Waals surface area contributed by atoms with Crippen LogP contribution in [0.2, 0.25) is 0 Å². The summed E-state index contributed by atoms with van der Waals surface area (Å²) in [5.41, 5.74) is 4.85. The van der Waals surface area contributed by atoms with E-state index in [0.29, 0.717) is 0 Å². The second-order valence-corrected chi connectivity index (χ2v) is 7.26. The van der Waals surface area contributed by atoms with E-state index in [9.17, 15) is 4.79 Å². The van der Waals surface area contributed by atoms with Crippen molar-refractivity contribution in [3.8, 4) is 0 Å². The van der Waals surface area contributed by atoms with Crippen LogP contribution in [0.1, 0.15) is 28.8 Å². The second-order valence-electron chi connectivity index (χ2n) is 7.26. The predicted molar refractivity (Wildman–Crippen MR) is 110 cm³/mol. The van der Waals surface area contributed by atoms with Gasteiger partial charge in [0, 0.05) is 37.4 Å². The summed E-state index contributed by atoms with van der Waals surface area (Å²) in [6.07, 6.45) is 2.46. The smallest absolute Gasteiger partial charge is 0.255 e. The number of nitrogens with zero attached hydrogens (tertiary/aromatic N) is 2. The molecule has 2 aliphatic heterocycles. The molecule has 2 saturated heterocycles. The molecule has 0 aliphatic carbocycles. The lowest BCUT2D eigenvalue weighted by Gasteiger charge is -2.31. The Kier molecular flexibility index (Phi) is 5.30. The van der Waals surface area contributed by atoms with Crippen molar-refractivity contribution in [3.05, 3.63) is 53.6 Å². The number of carbonyl (C=O) groups excluding carboxylic acids is 1. The minimum atomic E-state index is -0.0545. The molecule has 0 unspecified atom stereocenters. The topological polar surface area (TPSA) is 44.8 Å². The lowest BCUT2D eigenvalue weighted by atomic mass is 10.1.